The fourth-order valence-electron chi connectivity index (χ4n) is 11.8. The Morgan fingerprint density at radius 1 is 0.308 bits per heavy atom. The minimum absolute atomic E-state index is 0.217. The van der Waals surface area contributed by atoms with Crippen molar-refractivity contribution >= 4 is 6.96 Å². The van der Waals surface area contributed by atoms with Gasteiger partial charge in [0.1, 0.15) is 0 Å². The normalized spacial score (nSPS) is 26.8. The van der Waals surface area contributed by atoms with Crippen LogP contribution in [0.1, 0.15) is 138 Å². The molecular formula is C34H68BO4-. The average Bonchev–Trinajstić information content (AvgIpc) is 2.74. The van der Waals surface area contributed by atoms with Gasteiger partial charge in [-0.2, -0.15) is 0 Å². The van der Waals surface area contributed by atoms with Crippen LogP contribution in [0.5, 0.6) is 0 Å². The zero-order chi connectivity index (χ0) is 30.9. The molecule has 0 saturated carbocycles. The van der Waals surface area contributed by atoms with E-state index in [1.54, 1.807) is 0 Å². The van der Waals surface area contributed by atoms with E-state index in [1.165, 1.54) is 0 Å². The average molecular weight is 552 g/mol. The Bertz CT molecular complexity index is 680. The number of hydrogen-bond donors (Lipinski definition) is 0. The second-order valence-electron chi connectivity index (χ2n) is 16.7. The van der Waals surface area contributed by atoms with E-state index in [0.717, 1.165) is 0 Å². The fraction of sp³-hybridized carbons (Fsp3) is 1.00. The van der Waals surface area contributed by atoms with Gasteiger partial charge in [-0.05, 0) is 47.3 Å². The molecule has 2 fully saturated rings. The third kappa shape index (κ3) is 4.20. The van der Waals surface area contributed by atoms with Crippen molar-refractivity contribution in [3.63, 3.8) is 0 Å². The summed E-state index contributed by atoms with van der Waals surface area (Å²) in [7, 11) is 0. The molecule has 5 heteroatoms. The summed E-state index contributed by atoms with van der Waals surface area (Å²) in [5.41, 5.74) is -2.81. The quantitative estimate of drug-likeness (QED) is 0.281. The Kier molecular flexibility index (Phi) is 9.51. The maximum atomic E-state index is 7.60. The monoisotopic (exact) mass is 552 g/mol. The highest BCUT2D eigenvalue weighted by molar-refractivity contribution is 6.54. The lowest BCUT2D eigenvalue weighted by Gasteiger charge is -2.80. The molecule has 2 aliphatic heterocycles. The molecule has 0 N–H and O–H groups in total. The molecule has 0 unspecified atom stereocenters. The summed E-state index contributed by atoms with van der Waals surface area (Å²) in [6, 6.07) is 0. The van der Waals surface area contributed by atoms with Crippen LogP contribution < -0.4 is 0 Å². The van der Waals surface area contributed by atoms with Gasteiger partial charge >= 0.3 is 6.96 Å². The summed E-state index contributed by atoms with van der Waals surface area (Å²) >= 11 is 0. The van der Waals surface area contributed by atoms with Gasteiger partial charge in [-0.15, -0.1) is 0 Å². The summed E-state index contributed by atoms with van der Waals surface area (Å²) in [4.78, 5) is 0. The molecule has 2 saturated heterocycles. The molecule has 0 aromatic carbocycles. The van der Waals surface area contributed by atoms with Gasteiger partial charge in [0.15, 0.2) is 0 Å². The number of hydrogen-bond acceptors (Lipinski definition) is 4. The smallest absolute Gasteiger partial charge is 0.513 e. The van der Waals surface area contributed by atoms with Crippen LogP contribution in [0.2, 0.25) is 0 Å². The van der Waals surface area contributed by atoms with Gasteiger partial charge in [0, 0.05) is 33.2 Å². The van der Waals surface area contributed by atoms with Crippen molar-refractivity contribution < 1.29 is 18.6 Å². The molecule has 0 amide bonds. The molecule has 0 aromatic rings. The van der Waals surface area contributed by atoms with Crippen LogP contribution in [0, 0.1) is 58.2 Å². The molecule has 2 heterocycles. The predicted molar refractivity (Wildman–Crippen MR) is 167 cm³/mol. The number of rotatable bonds is 8. The zero-order valence-electron chi connectivity index (χ0n) is 29.8. The highest BCUT2D eigenvalue weighted by atomic mass is 16.9. The van der Waals surface area contributed by atoms with Gasteiger partial charge in [-0.1, -0.05) is 138 Å². The van der Waals surface area contributed by atoms with Crippen LogP contribution in [-0.4, -0.2) is 29.4 Å². The van der Waals surface area contributed by atoms with Crippen LogP contribution in [0.15, 0.2) is 0 Å². The van der Waals surface area contributed by atoms with E-state index < -0.39 is 29.4 Å². The Morgan fingerprint density at radius 3 is 0.538 bits per heavy atom. The van der Waals surface area contributed by atoms with Crippen LogP contribution >= 0.6 is 0 Å². The lowest BCUT2D eigenvalue weighted by Crippen LogP contribution is -2.86. The van der Waals surface area contributed by atoms with Crippen LogP contribution in [0.3, 0.4) is 0 Å². The topological polar surface area (TPSA) is 36.9 Å². The molecule has 1 spiro atoms. The molecule has 0 radical (unpaired) electrons. The van der Waals surface area contributed by atoms with Gasteiger partial charge < -0.3 is 18.6 Å². The third-order valence-electron chi connectivity index (χ3n) is 12.1. The SMILES string of the molecule is CC(C)C1(C(C)C)O[B-]2(OC(C(C)C)(C(C)C)C1(C)C)OC(C(C)C)(C(C)C)C(C)(C)C(C(C)C)(C(C)C)O2. The molecule has 232 valence electrons. The summed E-state index contributed by atoms with van der Waals surface area (Å²) < 4.78 is 30.4. The van der Waals surface area contributed by atoms with E-state index in [4.69, 9.17) is 18.6 Å². The second kappa shape index (κ2) is 10.6. The maximum absolute atomic E-state index is 7.60. The Hall–Kier alpha value is -0.0951. The van der Waals surface area contributed by atoms with Crippen molar-refractivity contribution in [1.29, 1.82) is 0 Å². The summed E-state index contributed by atoms with van der Waals surface area (Å²) in [6.07, 6.45) is 0. The van der Waals surface area contributed by atoms with Gasteiger partial charge in [0.25, 0.3) is 0 Å². The highest BCUT2D eigenvalue weighted by Gasteiger charge is 2.75. The van der Waals surface area contributed by atoms with Crippen LogP contribution in [-0.2, 0) is 18.6 Å². The molecule has 0 aliphatic carbocycles. The Morgan fingerprint density at radius 2 is 0.436 bits per heavy atom. The minimum Gasteiger partial charge on any atom is -0.513 e. The van der Waals surface area contributed by atoms with Crippen molar-refractivity contribution in [3.8, 4) is 0 Å². The summed E-state index contributed by atoms with van der Waals surface area (Å²) in [5, 5.41) is 0. The second-order valence-corrected chi connectivity index (χ2v) is 16.7. The summed E-state index contributed by atoms with van der Waals surface area (Å²) in [6.45, 7) is 43.9. The van der Waals surface area contributed by atoms with Gasteiger partial charge in [0.2, 0.25) is 0 Å². The zero-order valence-corrected chi connectivity index (χ0v) is 29.8. The van der Waals surface area contributed by atoms with Crippen molar-refractivity contribution in [2.24, 2.45) is 58.2 Å². The van der Waals surface area contributed by atoms with E-state index in [-0.39, 0.29) is 58.2 Å². The minimum atomic E-state index is -2.61. The van der Waals surface area contributed by atoms with Crippen molar-refractivity contribution in [1.82, 2.24) is 0 Å². The van der Waals surface area contributed by atoms with E-state index in [9.17, 15) is 0 Å². The van der Waals surface area contributed by atoms with Crippen LogP contribution in [0.4, 0.5) is 0 Å². The molecule has 0 bridgehead atoms. The van der Waals surface area contributed by atoms with E-state index in [0.29, 0.717) is 0 Å². The fourth-order valence-corrected chi connectivity index (χ4v) is 11.8. The molecule has 39 heavy (non-hydrogen) atoms. The highest BCUT2D eigenvalue weighted by Crippen LogP contribution is 2.68. The first-order valence-electron chi connectivity index (χ1n) is 16.3. The first-order valence-corrected chi connectivity index (χ1v) is 16.3. The van der Waals surface area contributed by atoms with Crippen molar-refractivity contribution in [2.75, 3.05) is 0 Å². The first kappa shape index (κ1) is 35.1. The molecule has 2 rings (SSSR count). The largest absolute Gasteiger partial charge is 0.532 e. The van der Waals surface area contributed by atoms with E-state index in [1.807, 2.05) is 0 Å². The van der Waals surface area contributed by atoms with E-state index in [2.05, 4.69) is 138 Å². The lowest BCUT2D eigenvalue weighted by molar-refractivity contribution is -0.380. The molecule has 0 atom stereocenters. The standard InChI is InChI=1S/C34H68BO4/c1-21(2)31(22(3)4)29(17,18)32(23(5)6,24(7)8)37-35(36-31)38-33(25(9)10,26(11)12)30(19,20)34(39-35,27(13)14)28(15)16/h21-28H,1-20H3/q-1. The molecule has 2 aliphatic rings. The van der Waals surface area contributed by atoms with Gasteiger partial charge in [-0.25, -0.2) is 0 Å². The Balaban J connectivity index is 3.20. The first-order chi connectivity index (χ1) is 17.4. The molecule has 4 nitrogen and oxygen atoms in total. The molecule has 0 aromatic heterocycles. The lowest BCUT2D eigenvalue weighted by atomic mass is 9.46. The van der Waals surface area contributed by atoms with Crippen molar-refractivity contribution in [3.05, 3.63) is 0 Å². The molecular weight excluding hydrogens is 483 g/mol. The Labute approximate surface area is 244 Å². The van der Waals surface area contributed by atoms with Crippen molar-refractivity contribution in [2.45, 2.75) is 161 Å². The predicted octanol–water partition coefficient (Wildman–Crippen LogP) is 9.77. The van der Waals surface area contributed by atoms with E-state index >= 15 is 0 Å². The van der Waals surface area contributed by atoms with Gasteiger partial charge in [0.05, 0.1) is 0 Å². The van der Waals surface area contributed by atoms with Crippen LogP contribution in [0.25, 0.3) is 0 Å². The summed E-state index contributed by atoms with van der Waals surface area (Å²) in [5.74, 6) is 1.73. The third-order valence-corrected chi connectivity index (χ3v) is 12.1. The maximum Gasteiger partial charge on any atom is 0.532 e. The van der Waals surface area contributed by atoms with Gasteiger partial charge in [-0.3, -0.25) is 0 Å².